The Morgan fingerprint density at radius 3 is 1.02 bits per heavy atom. The standard InChI is InChI=1S/C48H84N2O37/c1-9-19(56)24(61)30(67)44(74-9)83-37-15(7-55)80-43(18(50)39(37)86-47-33(70)27(64)22(59)12(4-52)78-47)87-40-23(60)16(81-48(34(40)71)82-35-13(5-53)76-41(72)29(66)28(35)65)8-73-42-17(49)38(85-45-31(68)25(62)20(57)10(2)75-45)36(14(6-54)79-42)84-46-32(69)26(63)21(58)11(3-51)77-46/h9-48,51-72H,3-8,49-50H2,1-2H3/t9?,10?,11?,12?,13?,14?,15?,16?,17?,18?,19-,20-,21+,22+,23+,24?,25?,26?,27?,28?,29?,30?,31?,32?,33?,34?,35+,36-,37-,38?,39?,40?,41-,42-,43+,44+,45?,46+,47+,48+/m1/s1. The molecule has 40 atom stereocenters. The summed E-state index contributed by atoms with van der Waals surface area (Å²) < 4.78 is 87.9. The minimum atomic E-state index is -2.32. The Bertz CT molecular complexity index is 2110. The first-order chi connectivity index (χ1) is 41.1. The summed E-state index contributed by atoms with van der Waals surface area (Å²) in [6.45, 7) is -3.35. The molecule has 0 aromatic carbocycles. The van der Waals surface area contributed by atoms with E-state index in [2.05, 4.69) is 0 Å². The lowest BCUT2D eigenvalue weighted by atomic mass is 9.94. The van der Waals surface area contributed by atoms with Gasteiger partial charge in [0.2, 0.25) is 0 Å². The third-order valence-electron chi connectivity index (χ3n) is 16.7. The number of aliphatic hydroxyl groups excluding tert-OH is 22. The van der Waals surface area contributed by atoms with Gasteiger partial charge in [0.25, 0.3) is 0 Å². The van der Waals surface area contributed by atoms with Crippen molar-refractivity contribution in [2.45, 2.75) is 259 Å². The molecule has 87 heavy (non-hydrogen) atoms. The van der Waals surface area contributed by atoms with Gasteiger partial charge in [-0.1, -0.05) is 0 Å². The molecule has 0 aromatic rings. The van der Waals surface area contributed by atoms with Crippen LogP contribution in [-0.4, -0.2) is 398 Å². The molecule has 0 saturated carbocycles. The van der Waals surface area contributed by atoms with E-state index in [0.29, 0.717) is 0 Å². The molecular weight excluding hydrogens is 1200 g/mol. The summed E-state index contributed by atoms with van der Waals surface area (Å²) in [5.74, 6) is 0. The number of nitrogens with two attached hydrogens (primary N) is 2. The van der Waals surface area contributed by atoms with E-state index in [1.807, 2.05) is 0 Å². The van der Waals surface area contributed by atoms with Gasteiger partial charge < -0.3 is 195 Å². The first-order valence-corrected chi connectivity index (χ1v) is 28.0. The van der Waals surface area contributed by atoms with Crippen molar-refractivity contribution in [3.8, 4) is 0 Å². The zero-order chi connectivity index (χ0) is 63.9. The SMILES string of the molecule is CC1OC(OC2C(N)[C@H](OCC3O[C@@H](O[C@H]4C(CO)O[C@@H](O)C(O)C4O)C(O)C(O[C@@H]4OC(CO)[C@@H](O[C@@H]5OC(C)[C@@H](O)C(O)C5O)C(O[C@@H]5OC(CO)[C@H](O)C(O)C5O)C4N)[C@H]3O)OC(CO)[C@H]2O[C@@H]2OC(CO)[C@H](O)C(O)C2O)C(O)C(O)[C@@H]1O. The van der Waals surface area contributed by atoms with Crippen LogP contribution in [0, 0.1) is 0 Å². The highest BCUT2D eigenvalue weighted by Crippen LogP contribution is 2.39. The molecule has 8 aliphatic rings. The molecule has 8 saturated heterocycles. The van der Waals surface area contributed by atoms with Crippen molar-refractivity contribution in [2.75, 3.05) is 39.6 Å². The number of aliphatic hydroxyl groups is 22. The number of hydrogen-bond donors (Lipinski definition) is 24. The third kappa shape index (κ3) is 14.7. The topological polar surface area (TPSA) is 636 Å². The summed E-state index contributed by atoms with van der Waals surface area (Å²) in [5, 5.41) is 236. The predicted octanol–water partition coefficient (Wildman–Crippen LogP) is -16.5. The maximum absolute atomic E-state index is 12.2. The third-order valence-corrected chi connectivity index (χ3v) is 16.7. The second-order valence-electron chi connectivity index (χ2n) is 22.6. The van der Waals surface area contributed by atoms with E-state index < -0.39 is 285 Å². The fourth-order valence-electron chi connectivity index (χ4n) is 11.4. The van der Waals surface area contributed by atoms with Gasteiger partial charge in [-0.25, -0.2) is 0 Å². The Morgan fingerprint density at radius 2 is 0.586 bits per heavy atom. The van der Waals surface area contributed by atoms with Crippen LogP contribution in [0.1, 0.15) is 13.8 Å². The predicted molar refractivity (Wildman–Crippen MR) is 266 cm³/mol. The average molecular weight is 1280 g/mol. The summed E-state index contributed by atoms with van der Waals surface area (Å²) in [6.07, 6.45) is -71.9. The molecule has 8 rings (SSSR count). The highest BCUT2D eigenvalue weighted by Gasteiger charge is 2.59. The minimum absolute atomic E-state index is 0.905. The fraction of sp³-hybridized carbons (Fsp3) is 1.00. The van der Waals surface area contributed by atoms with Gasteiger partial charge in [0.05, 0.1) is 63.9 Å². The van der Waals surface area contributed by atoms with Gasteiger partial charge in [-0.3, -0.25) is 0 Å². The van der Waals surface area contributed by atoms with Gasteiger partial charge in [0, 0.05) is 0 Å². The van der Waals surface area contributed by atoms with E-state index >= 15 is 0 Å². The Hall–Kier alpha value is -1.56. The second kappa shape index (κ2) is 30.2. The average Bonchev–Trinajstić information content (AvgIpc) is 1.00. The summed E-state index contributed by atoms with van der Waals surface area (Å²) in [6, 6.07) is -3.65. The first kappa shape index (κ1) is 71.3. The van der Waals surface area contributed by atoms with Crippen LogP contribution in [0.15, 0.2) is 0 Å². The van der Waals surface area contributed by atoms with E-state index in [4.69, 9.17) is 82.5 Å². The molecule has 8 heterocycles. The molecule has 25 unspecified atom stereocenters. The van der Waals surface area contributed by atoms with Gasteiger partial charge in [0.15, 0.2) is 50.3 Å². The fourth-order valence-corrected chi connectivity index (χ4v) is 11.4. The normalized spacial score (nSPS) is 54.6. The first-order valence-electron chi connectivity index (χ1n) is 28.0. The van der Waals surface area contributed by atoms with E-state index in [9.17, 15) is 112 Å². The van der Waals surface area contributed by atoms with Gasteiger partial charge in [0.1, 0.15) is 171 Å². The summed E-state index contributed by atoms with van der Waals surface area (Å²) in [4.78, 5) is 0. The van der Waals surface area contributed by atoms with E-state index in [1.54, 1.807) is 0 Å². The van der Waals surface area contributed by atoms with Crippen LogP contribution in [0.3, 0.4) is 0 Å². The van der Waals surface area contributed by atoms with E-state index in [0.717, 1.165) is 0 Å². The largest absolute Gasteiger partial charge is 0.394 e. The Balaban J connectivity index is 1.10. The van der Waals surface area contributed by atoms with Gasteiger partial charge in [-0.2, -0.15) is 0 Å². The van der Waals surface area contributed by atoms with Crippen LogP contribution < -0.4 is 11.5 Å². The zero-order valence-corrected chi connectivity index (χ0v) is 46.5. The smallest absolute Gasteiger partial charge is 0.187 e. The van der Waals surface area contributed by atoms with Crippen LogP contribution in [0.4, 0.5) is 0 Å². The Kier molecular flexibility index (Phi) is 24.8. The number of ether oxygens (including phenoxy) is 15. The summed E-state index contributed by atoms with van der Waals surface area (Å²) in [5.41, 5.74) is 13.5. The van der Waals surface area contributed by atoms with Crippen LogP contribution in [0.5, 0.6) is 0 Å². The number of rotatable bonds is 20. The minimum Gasteiger partial charge on any atom is -0.394 e. The Labute approximate surface area is 493 Å². The Morgan fingerprint density at radius 1 is 0.264 bits per heavy atom. The van der Waals surface area contributed by atoms with Crippen molar-refractivity contribution in [3.05, 3.63) is 0 Å². The zero-order valence-electron chi connectivity index (χ0n) is 46.5. The van der Waals surface area contributed by atoms with Crippen molar-refractivity contribution in [3.63, 3.8) is 0 Å². The monoisotopic (exact) mass is 1280 g/mol. The second-order valence-corrected chi connectivity index (χ2v) is 22.6. The van der Waals surface area contributed by atoms with Crippen molar-refractivity contribution in [1.82, 2.24) is 0 Å². The summed E-state index contributed by atoms with van der Waals surface area (Å²) in [7, 11) is 0. The van der Waals surface area contributed by atoms with Crippen molar-refractivity contribution < 1.29 is 183 Å². The molecule has 8 fully saturated rings. The molecule has 39 nitrogen and oxygen atoms in total. The molecule has 39 heteroatoms. The van der Waals surface area contributed by atoms with Gasteiger partial charge in [-0.15, -0.1) is 0 Å². The number of hydrogen-bond acceptors (Lipinski definition) is 39. The molecule has 0 radical (unpaired) electrons. The maximum atomic E-state index is 12.2. The molecule has 8 aliphatic heterocycles. The molecule has 26 N–H and O–H groups in total. The molecule has 0 spiro atoms. The van der Waals surface area contributed by atoms with Crippen molar-refractivity contribution >= 4 is 0 Å². The summed E-state index contributed by atoms with van der Waals surface area (Å²) >= 11 is 0. The van der Waals surface area contributed by atoms with Crippen molar-refractivity contribution in [1.29, 1.82) is 0 Å². The van der Waals surface area contributed by atoms with Crippen LogP contribution in [0.2, 0.25) is 0 Å². The highest BCUT2D eigenvalue weighted by molar-refractivity contribution is 5.03. The van der Waals surface area contributed by atoms with Crippen LogP contribution in [-0.2, 0) is 71.1 Å². The molecule has 0 amide bonds. The lowest BCUT2D eigenvalue weighted by Gasteiger charge is -2.51. The highest BCUT2D eigenvalue weighted by atomic mass is 16.8. The molecular formula is C48H84N2O37. The maximum Gasteiger partial charge on any atom is 0.187 e. The van der Waals surface area contributed by atoms with Crippen molar-refractivity contribution in [2.24, 2.45) is 11.5 Å². The van der Waals surface area contributed by atoms with E-state index in [-0.39, 0.29) is 0 Å². The molecule has 508 valence electrons. The van der Waals surface area contributed by atoms with Crippen LogP contribution in [0.25, 0.3) is 0 Å². The lowest BCUT2D eigenvalue weighted by Crippen LogP contribution is -2.70. The van der Waals surface area contributed by atoms with Gasteiger partial charge in [-0.05, 0) is 13.8 Å². The van der Waals surface area contributed by atoms with Gasteiger partial charge >= 0.3 is 0 Å². The quantitative estimate of drug-likeness (QED) is 0.0538. The lowest BCUT2D eigenvalue weighted by molar-refractivity contribution is -0.393. The molecule has 0 aliphatic carbocycles. The van der Waals surface area contributed by atoms with Crippen LogP contribution >= 0.6 is 0 Å². The molecule has 0 aromatic heterocycles. The van der Waals surface area contributed by atoms with E-state index in [1.165, 1.54) is 13.8 Å². The molecule has 0 bridgehead atoms.